The maximum Gasteiger partial charge on any atom is 0.170 e. The molecule has 104 valence electrons. The molecule has 1 aromatic rings. The molecule has 1 fully saturated rings. The zero-order chi connectivity index (χ0) is 13.8. The Morgan fingerprint density at radius 1 is 1.37 bits per heavy atom. The summed E-state index contributed by atoms with van der Waals surface area (Å²) in [6.07, 6.45) is 2.56. The van der Waals surface area contributed by atoms with Gasteiger partial charge in [-0.15, -0.1) is 0 Å². The second-order valence-corrected chi connectivity index (χ2v) is 5.63. The molecule has 2 rings (SSSR count). The lowest BCUT2D eigenvalue weighted by Gasteiger charge is -2.36. The van der Waals surface area contributed by atoms with Crippen LogP contribution in [0.4, 0.5) is 0 Å². The minimum absolute atomic E-state index is 0.159. The Kier molecular flexibility index (Phi) is 4.43. The van der Waals surface area contributed by atoms with Crippen molar-refractivity contribution in [2.75, 3.05) is 6.54 Å². The molecule has 0 amide bonds. The second kappa shape index (κ2) is 6.06. The van der Waals surface area contributed by atoms with Gasteiger partial charge in [0.05, 0.1) is 0 Å². The van der Waals surface area contributed by atoms with Crippen LogP contribution in [0.5, 0.6) is 0 Å². The molecule has 3 N–H and O–H groups in total. The van der Waals surface area contributed by atoms with Gasteiger partial charge in [-0.1, -0.05) is 36.3 Å². The lowest BCUT2D eigenvalue weighted by Crippen LogP contribution is -2.39. The highest BCUT2D eigenvalue weighted by Crippen LogP contribution is 2.23. The first-order valence-corrected chi connectivity index (χ1v) is 6.91. The molecule has 19 heavy (non-hydrogen) atoms. The molecule has 1 aromatic carbocycles. The number of oxime groups is 1. The number of nitrogens with zero attached hydrogens (tertiary/aromatic N) is 2. The topological polar surface area (TPSA) is 61.8 Å². The molecule has 0 aliphatic carbocycles. The Labute approximate surface area is 114 Å². The molecular weight excluding hydrogens is 238 g/mol. The van der Waals surface area contributed by atoms with E-state index in [1.165, 1.54) is 24.9 Å². The van der Waals surface area contributed by atoms with Gasteiger partial charge in [-0.05, 0) is 37.8 Å². The summed E-state index contributed by atoms with van der Waals surface area (Å²) in [7, 11) is 0. The van der Waals surface area contributed by atoms with Crippen LogP contribution >= 0.6 is 0 Å². The van der Waals surface area contributed by atoms with E-state index in [0.717, 1.165) is 18.0 Å². The highest BCUT2D eigenvalue weighted by Gasteiger charge is 2.22. The minimum Gasteiger partial charge on any atom is -0.409 e. The van der Waals surface area contributed by atoms with Gasteiger partial charge in [0, 0.05) is 18.2 Å². The van der Waals surface area contributed by atoms with E-state index >= 15 is 0 Å². The van der Waals surface area contributed by atoms with E-state index in [4.69, 9.17) is 10.9 Å². The third-order valence-electron chi connectivity index (χ3n) is 4.02. The summed E-state index contributed by atoms with van der Waals surface area (Å²) in [6, 6.07) is 8.56. The fraction of sp³-hybridized carbons (Fsp3) is 0.533. The van der Waals surface area contributed by atoms with Crippen molar-refractivity contribution in [3.8, 4) is 0 Å². The smallest absolute Gasteiger partial charge is 0.170 e. The van der Waals surface area contributed by atoms with Crippen LogP contribution in [-0.2, 0) is 6.54 Å². The zero-order valence-electron chi connectivity index (χ0n) is 11.7. The van der Waals surface area contributed by atoms with E-state index in [0.29, 0.717) is 6.04 Å². The predicted octanol–water partition coefficient (Wildman–Crippen LogP) is 2.40. The third-order valence-corrected chi connectivity index (χ3v) is 4.02. The molecule has 0 bridgehead atoms. The number of nitrogens with two attached hydrogens (primary N) is 1. The van der Waals surface area contributed by atoms with Crippen LogP contribution in [0.25, 0.3) is 0 Å². The molecular formula is C15H23N3O. The van der Waals surface area contributed by atoms with Gasteiger partial charge in [-0.25, -0.2) is 0 Å². The van der Waals surface area contributed by atoms with Gasteiger partial charge in [-0.3, -0.25) is 4.90 Å². The molecule has 1 saturated heterocycles. The zero-order valence-corrected chi connectivity index (χ0v) is 11.7. The summed E-state index contributed by atoms with van der Waals surface area (Å²) in [5.74, 6) is 1.00. The molecule has 1 heterocycles. The first-order valence-electron chi connectivity index (χ1n) is 6.91. The van der Waals surface area contributed by atoms with Gasteiger partial charge in [0.25, 0.3) is 0 Å². The number of benzene rings is 1. The average Bonchev–Trinajstić information content (AvgIpc) is 2.42. The van der Waals surface area contributed by atoms with Crippen molar-refractivity contribution >= 4 is 5.84 Å². The lowest BCUT2D eigenvalue weighted by molar-refractivity contribution is 0.122. The first kappa shape index (κ1) is 13.9. The first-order chi connectivity index (χ1) is 9.10. The van der Waals surface area contributed by atoms with Gasteiger partial charge < -0.3 is 10.9 Å². The van der Waals surface area contributed by atoms with Crippen molar-refractivity contribution in [2.24, 2.45) is 16.8 Å². The van der Waals surface area contributed by atoms with Gasteiger partial charge >= 0.3 is 0 Å². The highest BCUT2D eigenvalue weighted by atomic mass is 16.4. The van der Waals surface area contributed by atoms with Crippen molar-refractivity contribution < 1.29 is 5.21 Å². The largest absolute Gasteiger partial charge is 0.409 e. The molecule has 4 heteroatoms. The van der Waals surface area contributed by atoms with Gasteiger partial charge in [0.15, 0.2) is 5.84 Å². The number of piperidine rings is 1. The molecule has 2 atom stereocenters. The van der Waals surface area contributed by atoms with Gasteiger partial charge in [0.1, 0.15) is 0 Å². The third kappa shape index (κ3) is 3.47. The van der Waals surface area contributed by atoms with Crippen molar-refractivity contribution in [3.05, 3.63) is 35.4 Å². The van der Waals surface area contributed by atoms with E-state index < -0.39 is 0 Å². The normalized spacial score (nSPS) is 25.5. The predicted molar refractivity (Wildman–Crippen MR) is 77.2 cm³/mol. The molecule has 1 aliphatic rings. The van der Waals surface area contributed by atoms with Gasteiger partial charge in [0.2, 0.25) is 0 Å². The van der Waals surface area contributed by atoms with Crippen LogP contribution in [0.15, 0.2) is 29.4 Å². The standard InChI is InChI=1S/C15H23N3O/c1-11-7-8-18(12(2)9-11)10-13-3-5-14(6-4-13)15(16)17-19/h3-6,11-12,19H,7-10H2,1-2H3,(H2,16,17). The molecule has 1 aliphatic heterocycles. The Morgan fingerprint density at radius 3 is 2.63 bits per heavy atom. The number of likely N-dealkylation sites (tertiary alicyclic amines) is 1. The maximum absolute atomic E-state index is 8.63. The quantitative estimate of drug-likeness (QED) is 0.380. The fourth-order valence-corrected chi connectivity index (χ4v) is 2.76. The molecule has 0 radical (unpaired) electrons. The fourth-order valence-electron chi connectivity index (χ4n) is 2.76. The second-order valence-electron chi connectivity index (χ2n) is 5.63. The van der Waals surface area contributed by atoms with Gasteiger partial charge in [-0.2, -0.15) is 0 Å². The van der Waals surface area contributed by atoms with Crippen LogP contribution in [0, 0.1) is 5.92 Å². The molecule has 0 spiro atoms. The Balaban J connectivity index is 2.00. The maximum atomic E-state index is 8.63. The van der Waals surface area contributed by atoms with Crippen LogP contribution < -0.4 is 5.73 Å². The molecule has 0 aromatic heterocycles. The van der Waals surface area contributed by atoms with Crippen LogP contribution in [-0.4, -0.2) is 28.5 Å². The average molecular weight is 261 g/mol. The summed E-state index contributed by atoms with van der Waals surface area (Å²) in [6.45, 7) is 6.79. The van der Waals surface area contributed by atoms with E-state index in [1.807, 2.05) is 12.1 Å². The van der Waals surface area contributed by atoms with Crippen molar-refractivity contribution in [1.29, 1.82) is 0 Å². The SMILES string of the molecule is CC1CCN(Cc2ccc(C(N)=NO)cc2)C(C)C1. The van der Waals surface area contributed by atoms with Crippen molar-refractivity contribution in [3.63, 3.8) is 0 Å². The number of hydrogen-bond acceptors (Lipinski definition) is 3. The van der Waals surface area contributed by atoms with Crippen molar-refractivity contribution in [1.82, 2.24) is 4.90 Å². The minimum atomic E-state index is 0.159. The highest BCUT2D eigenvalue weighted by molar-refractivity contribution is 5.96. The van der Waals surface area contributed by atoms with Crippen molar-refractivity contribution in [2.45, 2.75) is 39.3 Å². The summed E-state index contributed by atoms with van der Waals surface area (Å²) in [5.41, 5.74) is 7.59. The summed E-state index contributed by atoms with van der Waals surface area (Å²) < 4.78 is 0. The lowest BCUT2D eigenvalue weighted by atomic mass is 9.93. The van der Waals surface area contributed by atoms with Crippen LogP contribution in [0.1, 0.15) is 37.8 Å². The Hall–Kier alpha value is -1.55. The van der Waals surface area contributed by atoms with E-state index in [1.54, 1.807) is 0 Å². The van der Waals surface area contributed by atoms with E-state index in [2.05, 4.69) is 36.0 Å². The van der Waals surface area contributed by atoms with E-state index in [9.17, 15) is 0 Å². The Bertz CT molecular complexity index is 441. The van der Waals surface area contributed by atoms with E-state index in [-0.39, 0.29) is 5.84 Å². The summed E-state index contributed by atoms with van der Waals surface area (Å²) in [4.78, 5) is 2.53. The summed E-state index contributed by atoms with van der Waals surface area (Å²) in [5, 5.41) is 11.6. The monoisotopic (exact) mass is 261 g/mol. The number of amidine groups is 1. The molecule has 4 nitrogen and oxygen atoms in total. The molecule has 2 unspecified atom stereocenters. The van der Waals surface area contributed by atoms with Crippen LogP contribution in [0.2, 0.25) is 0 Å². The summed E-state index contributed by atoms with van der Waals surface area (Å²) >= 11 is 0. The van der Waals surface area contributed by atoms with Crippen LogP contribution in [0.3, 0.4) is 0 Å². The Morgan fingerprint density at radius 2 is 2.05 bits per heavy atom. The number of hydrogen-bond donors (Lipinski definition) is 2. The molecule has 0 saturated carbocycles. The number of rotatable bonds is 3.